The molecule has 1 aliphatic rings. The number of morpholine rings is 1. The Morgan fingerprint density at radius 1 is 1.44 bits per heavy atom. The fourth-order valence-electron chi connectivity index (χ4n) is 1.49. The van der Waals surface area contributed by atoms with Crippen molar-refractivity contribution >= 4 is 23.2 Å². The number of carbonyl (C=O) groups is 1. The Bertz CT molecular complexity index is 361. The minimum Gasteiger partial charge on any atom is -0.366 e. The monoisotopic (exact) mass is 240 g/mol. The lowest BCUT2D eigenvalue weighted by molar-refractivity contribution is -0.128. The molecule has 86 valence electrons. The van der Waals surface area contributed by atoms with E-state index in [2.05, 4.69) is 10.6 Å². The Kier molecular flexibility index (Phi) is 3.77. The molecule has 0 saturated carbocycles. The molecule has 0 aliphatic carbocycles. The first-order valence-corrected chi connectivity index (χ1v) is 5.52. The van der Waals surface area contributed by atoms with Gasteiger partial charge in [0.05, 0.1) is 6.61 Å². The number of carbonyl (C=O) groups excluding carboxylic acids is 1. The van der Waals surface area contributed by atoms with Gasteiger partial charge >= 0.3 is 0 Å². The molecular formula is C11H13ClN2O2. The summed E-state index contributed by atoms with van der Waals surface area (Å²) in [7, 11) is 0. The lowest BCUT2D eigenvalue weighted by atomic mass is 10.2. The molecule has 1 saturated heterocycles. The summed E-state index contributed by atoms with van der Waals surface area (Å²) in [5.41, 5.74) is 0.726. The van der Waals surface area contributed by atoms with Gasteiger partial charge in [-0.25, -0.2) is 0 Å². The zero-order valence-corrected chi connectivity index (χ0v) is 9.46. The van der Waals surface area contributed by atoms with E-state index in [1.807, 2.05) is 0 Å². The molecule has 1 heterocycles. The van der Waals surface area contributed by atoms with Crippen molar-refractivity contribution in [3.05, 3.63) is 29.3 Å². The van der Waals surface area contributed by atoms with Gasteiger partial charge in [0.1, 0.15) is 6.10 Å². The summed E-state index contributed by atoms with van der Waals surface area (Å²) in [5.74, 6) is -0.130. The first kappa shape index (κ1) is 11.4. The van der Waals surface area contributed by atoms with Gasteiger partial charge in [-0.2, -0.15) is 0 Å². The van der Waals surface area contributed by atoms with Crippen LogP contribution in [0.25, 0.3) is 0 Å². The van der Waals surface area contributed by atoms with Crippen LogP contribution in [-0.2, 0) is 9.53 Å². The number of halogens is 1. The highest BCUT2D eigenvalue weighted by Crippen LogP contribution is 2.14. The summed E-state index contributed by atoms with van der Waals surface area (Å²) in [6, 6.07) is 6.99. The van der Waals surface area contributed by atoms with Crippen LogP contribution < -0.4 is 10.6 Å². The number of benzene rings is 1. The Balaban J connectivity index is 1.93. The second kappa shape index (κ2) is 5.30. The molecule has 2 N–H and O–H groups in total. The van der Waals surface area contributed by atoms with Crippen LogP contribution in [0.3, 0.4) is 0 Å². The van der Waals surface area contributed by atoms with E-state index in [1.165, 1.54) is 0 Å². The van der Waals surface area contributed by atoms with Crippen molar-refractivity contribution in [1.29, 1.82) is 0 Å². The third-order valence-electron chi connectivity index (χ3n) is 2.33. The van der Waals surface area contributed by atoms with Crippen LogP contribution in [0.2, 0.25) is 5.02 Å². The van der Waals surface area contributed by atoms with Gasteiger partial charge in [0, 0.05) is 23.8 Å². The normalized spacial score (nSPS) is 20.4. The molecule has 0 spiro atoms. The van der Waals surface area contributed by atoms with E-state index in [0.29, 0.717) is 18.2 Å². The number of anilines is 1. The number of rotatable bonds is 2. The highest BCUT2D eigenvalue weighted by atomic mass is 35.5. The number of amides is 1. The molecule has 1 unspecified atom stereocenters. The Hall–Kier alpha value is -1.10. The van der Waals surface area contributed by atoms with Crippen LogP contribution >= 0.6 is 11.6 Å². The highest BCUT2D eigenvalue weighted by molar-refractivity contribution is 6.30. The van der Waals surface area contributed by atoms with E-state index in [4.69, 9.17) is 16.3 Å². The van der Waals surface area contributed by atoms with Gasteiger partial charge in [-0.05, 0) is 24.3 Å². The van der Waals surface area contributed by atoms with E-state index in [1.54, 1.807) is 24.3 Å². The average molecular weight is 241 g/mol. The summed E-state index contributed by atoms with van der Waals surface area (Å²) < 4.78 is 5.34. The second-order valence-electron chi connectivity index (χ2n) is 3.56. The molecule has 1 amide bonds. The number of ether oxygens (including phenoxy) is 1. The molecule has 0 aromatic heterocycles. The quantitative estimate of drug-likeness (QED) is 0.819. The number of hydrogen-bond acceptors (Lipinski definition) is 3. The minimum absolute atomic E-state index is 0.130. The van der Waals surface area contributed by atoms with Gasteiger partial charge in [0.25, 0.3) is 5.91 Å². The van der Waals surface area contributed by atoms with Gasteiger partial charge in [-0.3, -0.25) is 4.79 Å². The Labute approximate surface area is 98.9 Å². The van der Waals surface area contributed by atoms with Crippen LogP contribution in [0.15, 0.2) is 24.3 Å². The van der Waals surface area contributed by atoms with Crippen molar-refractivity contribution in [2.24, 2.45) is 0 Å². The maximum atomic E-state index is 11.7. The fourth-order valence-corrected chi connectivity index (χ4v) is 1.62. The highest BCUT2D eigenvalue weighted by Gasteiger charge is 2.21. The number of hydrogen-bond donors (Lipinski definition) is 2. The van der Waals surface area contributed by atoms with Crippen molar-refractivity contribution in [1.82, 2.24) is 5.32 Å². The van der Waals surface area contributed by atoms with Gasteiger partial charge in [-0.15, -0.1) is 0 Å². The Morgan fingerprint density at radius 3 is 2.81 bits per heavy atom. The second-order valence-corrected chi connectivity index (χ2v) is 4.00. The molecule has 4 nitrogen and oxygen atoms in total. The Morgan fingerprint density at radius 2 is 2.19 bits per heavy atom. The van der Waals surface area contributed by atoms with Crippen molar-refractivity contribution in [3.8, 4) is 0 Å². The summed E-state index contributed by atoms with van der Waals surface area (Å²) in [5, 5.41) is 6.53. The summed E-state index contributed by atoms with van der Waals surface area (Å²) >= 11 is 5.75. The van der Waals surface area contributed by atoms with Gasteiger partial charge in [0.2, 0.25) is 0 Å². The number of nitrogens with one attached hydrogen (secondary N) is 2. The zero-order chi connectivity index (χ0) is 11.4. The molecule has 5 heteroatoms. The smallest absolute Gasteiger partial charge is 0.254 e. The molecule has 1 fully saturated rings. The predicted octanol–water partition coefficient (Wildman–Crippen LogP) is 1.27. The molecule has 1 aromatic carbocycles. The van der Waals surface area contributed by atoms with Crippen LogP contribution in [-0.4, -0.2) is 31.7 Å². The van der Waals surface area contributed by atoms with Crippen LogP contribution in [0.5, 0.6) is 0 Å². The van der Waals surface area contributed by atoms with E-state index < -0.39 is 6.10 Å². The molecule has 2 rings (SSSR count). The molecule has 1 aliphatic heterocycles. The van der Waals surface area contributed by atoms with Crippen LogP contribution in [0, 0.1) is 0 Å². The van der Waals surface area contributed by atoms with E-state index in [9.17, 15) is 4.79 Å². The molecule has 1 atom stereocenters. The van der Waals surface area contributed by atoms with Gasteiger partial charge in [0.15, 0.2) is 0 Å². The third kappa shape index (κ3) is 2.95. The molecular weight excluding hydrogens is 228 g/mol. The first-order chi connectivity index (χ1) is 7.75. The van der Waals surface area contributed by atoms with Crippen molar-refractivity contribution in [3.63, 3.8) is 0 Å². The van der Waals surface area contributed by atoms with E-state index >= 15 is 0 Å². The first-order valence-electron chi connectivity index (χ1n) is 5.14. The van der Waals surface area contributed by atoms with Gasteiger partial charge in [-0.1, -0.05) is 11.6 Å². The fraction of sp³-hybridized carbons (Fsp3) is 0.364. The lowest BCUT2D eigenvalue weighted by Crippen LogP contribution is -2.45. The molecule has 16 heavy (non-hydrogen) atoms. The largest absolute Gasteiger partial charge is 0.366 e. The molecule has 0 radical (unpaired) electrons. The summed E-state index contributed by atoms with van der Waals surface area (Å²) in [6.07, 6.45) is -0.413. The average Bonchev–Trinajstić information content (AvgIpc) is 2.33. The van der Waals surface area contributed by atoms with Gasteiger partial charge < -0.3 is 15.4 Å². The van der Waals surface area contributed by atoms with Crippen LogP contribution in [0.4, 0.5) is 5.69 Å². The van der Waals surface area contributed by atoms with E-state index in [0.717, 1.165) is 12.2 Å². The van der Waals surface area contributed by atoms with E-state index in [-0.39, 0.29) is 5.91 Å². The molecule has 0 bridgehead atoms. The van der Waals surface area contributed by atoms with Crippen molar-refractivity contribution in [2.45, 2.75) is 6.10 Å². The minimum atomic E-state index is -0.413. The summed E-state index contributed by atoms with van der Waals surface area (Å²) in [4.78, 5) is 11.7. The zero-order valence-electron chi connectivity index (χ0n) is 8.70. The SMILES string of the molecule is O=C(Nc1ccc(Cl)cc1)C1CNCCO1. The predicted molar refractivity (Wildman–Crippen MR) is 62.7 cm³/mol. The topological polar surface area (TPSA) is 50.4 Å². The third-order valence-corrected chi connectivity index (χ3v) is 2.58. The van der Waals surface area contributed by atoms with Crippen molar-refractivity contribution in [2.75, 3.05) is 25.0 Å². The van der Waals surface area contributed by atoms with Crippen molar-refractivity contribution < 1.29 is 9.53 Å². The molecule has 1 aromatic rings. The van der Waals surface area contributed by atoms with Crippen LogP contribution in [0.1, 0.15) is 0 Å². The summed E-state index contributed by atoms with van der Waals surface area (Å²) in [6.45, 7) is 1.92. The lowest BCUT2D eigenvalue weighted by Gasteiger charge is -2.22. The maximum Gasteiger partial charge on any atom is 0.254 e. The maximum absolute atomic E-state index is 11.7. The standard InChI is InChI=1S/C11H13ClN2O2/c12-8-1-3-9(4-2-8)14-11(15)10-7-13-5-6-16-10/h1-4,10,13H,5-7H2,(H,14,15).